The van der Waals surface area contributed by atoms with E-state index >= 15 is 0 Å². The van der Waals surface area contributed by atoms with Gasteiger partial charge in [-0.05, 0) is 24.3 Å². The fourth-order valence-electron chi connectivity index (χ4n) is 2.04. The Morgan fingerprint density at radius 3 is 2.64 bits per heavy atom. The minimum Gasteiger partial charge on any atom is -0.478 e. The molecule has 110 valence electrons. The molecule has 1 aromatic heterocycles. The Morgan fingerprint density at radius 1 is 1.09 bits per heavy atom. The third kappa shape index (κ3) is 2.58. The molecule has 0 aliphatic carbocycles. The zero-order valence-corrected chi connectivity index (χ0v) is 11.1. The number of carboxylic acids is 1. The molecule has 0 aliphatic heterocycles. The van der Waals surface area contributed by atoms with Crippen LogP contribution in [0.1, 0.15) is 10.4 Å². The van der Waals surface area contributed by atoms with Crippen LogP contribution < -0.4 is 0 Å². The molecule has 2 aromatic carbocycles. The van der Waals surface area contributed by atoms with Gasteiger partial charge in [-0.25, -0.2) is 13.6 Å². The Kier molecular flexibility index (Phi) is 3.42. The van der Waals surface area contributed by atoms with Gasteiger partial charge < -0.3 is 9.63 Å². The van der Waals surface area contributed by atoms with Crippen molar-refractivity contribution in [3.8, 4) is 22.6 Å². The monoisotopic (exact) mass is 301 g/mol. The molecule has 1 heterocycles. The van der Waals surface area contributed by atoms with Gasteiger partial charge in [0.1, 0.15) is 17.3 Å². The van der Waals surface area contributed by atoms with Crippen LogP contribution in [-0.4, -0.2) is 16.2 Å². The normalized spacial score (nSPS) is 10.6. The first-order chi connectivity index (χ1) is 10.5. The van der Waals surface area contributed by atoms with Gasteiger partial charge in [0.25, 0.3) is 0 Å². The fourth-order valence-corrected chi connectivity index (χ4v) is 2.04. The Bertz CT molecular complexity index is 858. The van der Waals surface area contributed by atoms with Crippen LogP contribution in [0.15, 0.2) is 53.1 Å². The Balaban J connectivity index is 2.00. The lowest BCUT2D eigenvalue weighted by atomic mass is 10.1. The molecule has 0 radical (unpaired) electrons. The number of hydrogen-bond acceptors (Lipinski definition) is 3. The highest BCUT2D eigenvalue weighted by Gasteiger charge is 2.14. The summed E-state index contributed by atoms with van der Waals surface area (Å²) in [5, 5.41) is 12.7. The van der Waals surface area contributed by atoms with E-state index in [-0.39, 0.29) is 16.8 Å². The molecule has 0 fully saturated rings. The van der Waals surface area contributed by atoms with Crippen molar-refractivity contribution in [2.45, 2.75) is 0 Å². The first-order valence-electron chi connectivity index (χ1n) is 6.30. The van der Waals surface area contributed by atoms with Gasteiger partial charge in [0.15, 0.2) is 5.76 Å². The maximum atomic E-state index is 13.7. The van der Waals surface area contributed by atoms with Crippen molar-refractivity contribution >= 4 is 5.97 Å². The van der Waals surface area contributed by atoms with Crippen molar-refractivity contribution in [2.24, 2.45) is 0 Å². The number of hydrogen-bond donors (Lipinski definition) is 1. The van der Waals surface area contributed by atoms with Crippen LogP contribution in [0, 0.1) is 11.6 Å². The minimum atomic E-state index is -1.06. The largest absolute Gasteiger partial charge is 0.478 e. The van der Waals surface area contributed by atoms with Crippen LogP contribution in [0.3, 0.4) is 0 Å². The quantitative estimate of drug-likeness (QED) is 0.794. The molecule has 0 amide bonds. The molecular weight excluding hydrogens is 292 g/mol. The van der Waals surface area contributed by atoms with Crippen molar-refractivity contribution in [1.29, 1.82) is 0 Å². The van der Waals surface area contributed by atoms with Gasteiger partial charge in [-0.1, -0.05) is 17.3 Å². The highest BCUT2D eigenvalue weighted by atomic mass is 19.1. The van der Waals surface area contributed by atoms with Crippen molar-refractivity contribution in [3.63, 3.8) is 0 Å². The second-order valence-electron chi connectivity index (χ2n) is 4.59. The summed E-state index contributed by atoms with van der Waals surface area (Å²) in [6, 6.07) is 10.7. The Morgan fingerprint density at radius 2 is 1.91 bits per heavy atom. The van der Waals surface area contributed by atoms with Crippen LogP contribution in [0.25, 0.3) is 22.6 Å². The standard InChI is InChI=1S/C16H9F2NO3/c17-11-4-5-12(13(18)7-11)14-8-15(22-19-14)9-2-1-3-10(6-9)16(20)21/h1-8H,(H,20,21). The second kappa shape index (κ2) is 5.40. The molecule has 0 saturated carbocycles. The third-order valence-electron chi connectivity index (χ3n) is 3.11. The van der Waals surface area contributed by atoms with E-state index in [1.807, 2.05) is 0 Å². The molecule has 3 rings (SSSR count). The summed E-state index contributed by atoms with van der Waals surface area (Å²) in [4.78, 5) is 11.0. The van der Waals surface area contributed by atoms with Crippen molar-refractivity contribution in [3.05, 3.63) is 65.7 Å². The summed E-state index contributed by atoms with van der Waals surface area (Å²) in [7, 11) is 0. The molecule has 0 aliphatic rings. The zero-order chi connectivity index (χ0) is 15.7. The van der Waals surface area contributed by atoms with E-state index in [4.69, 9.17) is 9.63 Å². The predicted molar refractivity (Wildman–Crippen MR) is 74.3 cm³/mol. The smallest absolute Gasteiger partial charge is 0.335 e. The van der Waals surface area contributed by atoms with Gasteiger partial charge in [0, 0.05) is 23.3 Å². The average molecular weight is 301 g/mol. The van der Waals surface area contributed by atoms with E-state index in [9.17, 15) is 13.6 Å². The van der Waals surface area contributed by atoms with Crippen LogP contribution in [-0.2, 0) is 0 Å². The van der Waals surface area contributed by atoms with Crippen LogP contribution in [0.5, 0.6) is 0 Å². The molecule has 3 aromatic rings. The number of benzene rings is 2. The Hall–Kier alpha value is -3.02. The highest BCUT2D eigenvalue weighted by Crippen LogP contribution is 2.28. The Labute approximate surface area is 123 Å². The number of halogens is 2. The van der Waals surface area contributed by atoms with E-state index in [1.165, 1.54) is 24.3 Å². The molecule has 0 bridgehead atoms. The molecule has 0 atom stereocenters. The minimum absolute atomic E-state index is 0.100. The van der Waals surface area contributed by atoms with Gasteiger partial charge in [-0.3, -0.25) is 0 Å². The van der Waals surface area contributed by atoms with Gasteiger partial charge >= 0.3 is 5.97 Å². The molecule has 0 saturated heterocycles. The highest BCUT2D eigenvalue weighted by molar-refractivity contribution is 5.89. The first-order valence-corrected chi connectivity index (χ1v) is 6.30. The molecular formula is C16H9F2NO3. The summed E-state index contributed by atoms with van der Waals surface area (Å²) in [5.41, 5.74) is 0.906. The van der Waals surface area contributed by atoms with Gasteiger partial charge in [-0.2, -0.15) is 0 Å². The maximum Gasteiger partial charge on any atom is 0.335 e. The van der Waals surface area contributed by atoms with Crippen LogP contribution in [0.2, 0.25) is 0 Å². The maximum absolute atomic E-state index is 13.7. The number of aromatic nitrogens is 1. The van der Waals surface area contributed by atoms with Crippen LogP contribution >= 0.6 is 0 Å². The van der Waals surface area contributed by atoms with Crippen LogP contribution in [0.4, 0.5) is 8.78 Å². The number of aromatic carboxylic acids is 1. The molecule has 6 heteroatoms. The lowest BCUT2D eigenvalue weighted by Gasteiger charge is -1.98. The summed E-state index contributed by atoms with van der Waals surface area (Å²) in [5.74, 6) is -2.20. The summed E-state index contributed by atoms with van der Waals surface area (Å²) in [6.07, 6.45) is 0. The van der Waals surface area contributed by atoms with Gasteiger partial charge in [0.05, 0.1) is 5.56 Å². The topological polar surface area (TPSA) is 63.3 Å². The molecule has 22 heavy (non-hydrogen) atoms. The zero-order valence-electron chi connectivity index (χ0n) is 11.1. The lowest BCUT2D eigenvalue weighted by Crippen LogP contribution is -1.95. The average Bonchev–Trinajstić information content (AvgIpc) is 2.97. The SMILES string of the molecule is O=C(O)c1cccc(-c2cc(-c3ccc(F)cc3F)no2)c1. The van der Waals surface area contributed by atoms with Crippen molar-refractivity contribution in [2.75, 3.05) is 0 Å². The third-order valence-corrected chi connectivity index (χ3v) is 3.11. The van der Waals surface area contributed by atoms with E-state index in [2.05, 4.69) is 5.16 Å². The first kappa shape index (κ1) is 13.9. The van der Waals surface area contributed by atoms with E-state index in [0.717, 1.165) is 12.1 Å². The van der Waals surface area contributed by atoms with Gasteiger partial charge in [-0.15, -0.1) is 0 Å². The van der Waals surface area contributed by atoms with Crippen molar-refractivity contribution in [1.82, 2.24) is 5.16 Å². The van der Waals surface area contributed by atoms with E-state index < -0.39 is 17.6 Å². The van der Waals surface area contributed by atoms with E-state index in [0.29, 0.717) is 11.3 Å². The molecule has 0 spiro atoms. The molecule has 1 N–H and O–H groups in total. The van der Waals surface area contributed by atoms with Crippen molar-refractivity contribution < 1.29 is 23.2 Å². The summed E-state index contributed by atoms with van der Waals surface area (Å²) in [6.45, 7) is 0. The molecule has 4 nitrogen and oxygen atoms in total. The summed E-state index contributed by atoms with van der Waals surface area (Å²) >= 11 is 0. The van der Waals surface area contributed by atoms with Gasteiger partial charge in [0.2, 0.25) is 0 Å². The number of carboxylic acid groups (broad SMARTS) is 1. The fraction of sp³-hybridized carbons (Fsp3) is 0. The summed E-state index contributed by atoms with van der Waals surface area (Å²) < 4.78 is 31.8. The lowest BCUT2D eigenvalue weighted by molar-refractivity contribution is 0.0697. The number of rotatable bonds is 3. The predicted octanol–water partition coefficient (Wildman–Crippen LogP) is 3.99. The number of carbonyl (C=O) groups is 1. The second-order valence-corrected chi connectivity index (χ2v) is 4.59. The molecule has 0 unspecified atom stereocenters. The number of nitrogens with zero attached hydrogens (tertiary/aromatic N) is 1. The van der Waals surface area contributed by atoms with E-state index in [1.54, 1.807) is 12.1 Å².